The lowest BCUT2D eigenvalue weighted by Crippen LogP contribution is -2.06. The Labute approximate surface area is 234 Å². The molecule has 38 heavy (non-hydrogen) atoms. The molecule has 0 radical (unpaired) electrons. The van der Waals surface area contributed by atoms with Crippen molar-refractivity contribution in [3.8, 4) is 0 Å². The van der Waals surface area contributed by atoms with E-state index in [1.807, 2.05) is 0 Å². The van der Waals surface area contributed by atoms with Gasteiger partial charge in [-0.3, -0.25) is 9.13 Å². The van der Waals surface area contributed by atoms with E-state index in [1.165, 1.54) is 105 Å². The summed E-state index contributed by atoms with van der Waals surface area (Å²) in [5.74, 6) is 0. The zero-order chi connectivity index (χ0) is 28.3. The minimum atomic E-state index is -3.23. The average molecular weight is 575 g/mol. The summed E-state index contributed by atoms with van der Waals surface area (Å²) in [6, 6.07) is 4.31. The van der Waals surface area contributed by atoms with E-state index in [0.29, 0.717) is 0 Å². The van der Waals surface area contributed by atoms with Crippen LogP contribution in [0, 0.1) is 0 Å². The molecule has 0 saturated heterocycles. The van der Waals surface area contributed by atoms with Crippen molar-refractivity contribution in [2.45, 2.75) is 129 Å². The zero-order valence-corrected chi connectivity index (χ0v) is 27.0. The lowest BCUT2D eigenvalue weighted by Gasteiger charge is -2.21. The molecule has 0 aliphatic rings. The molecule has 0 aliphatic heterocycles. The predicted molar refractivity (Wildman–Crippen MR) is 160 cm³/mol. The summed E-state index contributed by atoms with van der Waals surface area (Å²) in [5.41, 5.74) is 4.28. The highest BCUT2D eigenvalue weighted by atomic mass is 31.2. The third kappa shape index (κ3) is 13.7. The molecule has 0 atom stereocenters. The van der Waals surface area contributed by atoms with E-state index in [2.05, 4.69) is 26.0 Å². The number of hydrogen-bond donors (Lipinski definition) is 0. The fourth-order valence-electron chi connectivity index (χ4n) is 4.92. The van der Waals surface area contributed by atoms with Crippen molar-refractivity contribution in [1.82, 2.24) is 0 Å². The van der Waals surface area contributed by atoms with Crippen molar-refractivity contribution >= 4 is 15.2 Å². The third-order valence-corrected chi connectivity index (χ3v) is 11.1. The van der Waals surface area contributed by atoms with Gasteiger partial charge in [0.15, 0.2) is 0 Å². The van der Waals surface area contributed by atoms with Gasteiger partial charge in [-0.05, 0) is 47.9 Å². The first-order valence-electron chi connectivity index (χ1n) is 14.8. The molecule has 6 nitrogen and oxygen atoms in total. The molecular weight excluding hydrogens is 518 g/mol. The number of hydrogen-bond acceptors (Lipinski definition) is 6. The molecule has 0 saturated carbocycles. The van der Waals surface area contributed by atoms with Crippen LogP contribution in [0.15, 0.2) is 12.1 Å². The first kappa shape index (κ1) is 35.5. The number of benzene rings is 1. The molecule has 1 aromatic carbocycles. The Morgan fingerprint density at radius 2 is 0.763 bits per heavy atom. The Hall–Kier alpha value is -0.480. The summed E-state index contributed by atoms with van der Waals surface area (Å²) < 4.78 is 47.5. The summed E-state index contributed by atoms with van der Waals surface area (Å²) in [4.78, 5) is 0. The summed E-state index contributed by atoms with van der Waals surface area (Å²) in [6.45, 7) is 4.47. The molecule has 222 valence electrons. The Balaban J connectivity index is 3.17. The van der Waals surface area contributed by atoms with E-state index in [9.17, 15) is 9.13 Å². The highest BCUT2D eigenvalue weighted by Crippen LogP contribution is 2.52. The van der Waals surface area contributed by atoms with Crippen molar-refractivity contribution < 1.29 is 27.2 Å². The van der Waals surface area contributed by atoms with Crippen LogP contribution in [0.2, 0.25) is 0 Å². The standard InChI is InChI=1S/C30H56O6P2/c1-7-9-11-13-15-17-19-21-27-23-30(26-38(32,35-5)36-6)28(22-20-18-16-14-12-10-8-2)24-29(27)25-37(31,33-3)34-4/h23-24H,7-22,25-26H2,1-6H3. The largest absolute Gasteiger partial charge is 0.334 e. The molecular formula is C30H56O6P2. The van der Waals surface area contributed by atoms with E-state index >= 15 is 0 Å². The predicted octanol–water partition coefficient (Wildman–Crippen LogP) is 10.2. The van der Waals surface area contributed by atoms with Gasteiger partial charge in [0.25, 0.3) is 0 Å². The Bertz CT molecular complexity index is 772. The van der Waals surface area contributed by atoms with Gasteiger partial charge in [0, 0.05) is 28.4 Å². The topological polar surface area (TPSA) is 71.1 Å². The number of rotatable bonds is 24. The van der Waals surface area contributed by atoms with Crippen LogP contribution in [0.1, 0.15) is 126 Å². The normalized spacial score (nSPS) is 12.4. The van der Waals surface area contributed by atoms with Gasteiger partial charge >= 0.3 is 15.2 Å². The maximum Gasteiger partial charge on any atom is 0.334 e. The molecule has 0 bridgehead atoms. The van der Waals surface area contributed by atoms with Crippen LogP contribution in [0.4, 0.5) is 0 Å². The minimum Gasteiger partial charge on any atom is -0.312 e. The smallest absolute Gasteiger partial charge is 0.312 e. The second-order valence-electron chi connectivity index (χ2n) is 10.4. The first-order chi connectivity index (χ1) is 18.3. The molecule has 0 fully saturated rings. The van der Waals surface area contributed by atoms with Gasteiger partial charge in [-0.1, -0.05) is 103 Å². The summed E-state index contributed by atoms with van der Waals surface area (Å²) in [6.07, 6.45) is 19.4. The van der Waals surface area contributed by atoms with Crippen LogP contribution < -0.4 is 0 Å². The van der Waals surface area contributed by atoms with E-state index in [4.69, 9.17) is 18.1 Å². The van der Waals surface area contributed by atoms with E-state index < -0.39 is 15.2 Å². The minimum absolute atomic E-state index is 0.238. The Kier molecular flexibility index (Phi) is 19.1. The lowest BCUT2D eigenvalue weighted by molar-refractivity contribution is 0.273. The van der Waals surface area contributed by atoms with Crippen LogP contribution in [0.25, 0.3) is 0 Å². The maximum absolute atomic E-state index is 13.1. The van der Waals surface area contributed by atoms with Gasteiger partial charge in [-0.2, -0.15) is 0 Å². The molecule has 0 N–H and O–H groups in total. The van der Waals surface area contributed by atoms with Crippen molar-refractivity contribution in [1.29, 1.82) is 0 Å². The zero-order valence-electron chi connectivity index (χ0n) is 25.2. The van der Waals surface area contributed by atoms with Crippen LogP contribution in [-0.4, -0.2) is 28.4 Å². The van der Waals surface area contributed by atoms with Crippen LogP contribution in [0.5, 0.6) is 0 Å². The SMILES string of the molecule is CCCCCCCCCc1cc(CP(=O)(OC)OC)c(CCCCCCCCC)cc1CP(=O)(OC)OC. The van der Waals surface area contributed by atoms with E-state index in [-0.39, 0.29) is 12.3 Å². The van der Waals surface area contributed by atoms with E-state index in [1.54, 1.807) is 0 Å². The quantitative estimate of drug-likeness (QED) is 0.0903. The second-order valence-corrected chi connectivity index (χ2v) is 14.9. The van der Waals surface area contributed by atoms with Crippen molar-refractivity contribution in [2.75, 3.05) is 28.4 Å². The molecule has 1 aromatic rings. The van der Waals surface area contributed by atoms with Crippen LogP contribution >= 0.6 is 15.2 Å². The molecule has 0 heterocycles. The fraction of sp³-hybridized carbons (Fsp3) is 0.800. The van der Waals surface area contributed by atoms with Gasteiger partial charge < -0.3 is 18.1 Å². The van der Waals surface area contributed by atoms with Crippen molar-refractivity contribution in [3.63, 3.8) is 0 Å². The molecule has 1 rings (SSSR count). The summed E-state index contributed by atoms with van der Waals surface area (Å²) in [5, 5.41) is 0. The summed E-state index contributed by atoms with van der Waals surface area (Å²) >= 11 is 0. The average Bonchev–Trinajstić information content (AvgIpc) is 2.93. The highest BCUT2D eigenvalue weighted by Gasteiger charge is 2.27. The van der Waals surface area contributed by atoms with Crippen molar-refractivity contribution in [2.24, 2.45) is 0 Å². The van der Waals surface area contributed by atoms with Crippen LogP contribution in [0.3, 0.4) is 0 Å². The fourth-order valence-corrected chi connectivity index (χ4v) is 7.16. The molecule has 0 aromatic heterocycles. The van der Waals surface area contributed by atoms with Crippen molar-refractivity contribution in [3.05, 3.63) is 34.4 Å². The van der Waals surface area contributed by atoms with Gasteiger partial charge in [0.2, 0.25) is 0 Å². The maximum atomic E-state index is 13.1. The Morgan fingerprint density at radius 3 is 1.05 bits per heavy atom. The van der Waals surface area contributed by atoms with Gasteiger partial charge in [0.1, 0.15) is 0 Å². The molecule has 0 spiro atoms. The molecule has 8 heteroatoms. The van der Waals surface area contributed by atoms with E-state index in [0.717, 1.165) is 47.9 Å². The molecule has 0 aliphatic carbocycles. The number of unbranched alkanes of at least 4 members (excludes halogenated alkanes) is 12. The summed E-state index contributed by atoms with van der Waals surface area (Å²) in [7, 11) is -0.669. The second kappa shape index (κ2) is 20.4. The van der Waals surface area contributed by atoms with Gasteiger partial charge in [-0.15, -0.1) is 0 Å². The van der Waals surface area contributed by atoms with Crippen LogP contribution in [-0.2, 0) is 52.4 Å². The molecule has 0 amide bonds. The third-order valence-electron chi connectivity index (χ3n) is 7.46. The molecule has 0 unspecified atom stereocenters. The first-order valence-corrected chi connectivity index (χ1v) is 18.3. The number of aryl methyl sites for hydroxylation is 2. The van der Waals surface area contributed by atoms with Gasteiger partial charge in [0.05, 0.1) is 12.3 Å². The lowest BCUT2D eigenvalue weighted by atomic mass is 9.93. The highest BCUT2D eigenvalue weighted by molar-refractivity contribution is 7.53. The monoisotopic (exact) mass is 574 g/mol. The van der Waals surface area contributed by atoms with Gasteiger partial charge in [-0.25, -0.2) is 0 Å². The Morgan fingerprint density at radius 1 is 0.474 bits per heavy atom.